The summed E-state index contributed by atoms with van der Waals surface area (Å²) >= 11 is 0. The highest BCUT2D eigenvalue weighted by atomic mass is 16.5. The van der Waals surface area contributed by atoms with Gasteiger partial charge >= 0.3 is 5.97 Å². The highest BCUT2D eigenvalue weighted by Gasteiger charge is 2.23. The average molecular weight is 386 g/mol. The van der Waals surface area contributed by atoms with E-state index in [1.807, 2.05) is 6.07 Å². The average Bonchev–Trinajstić information content (AvgIpc) is 2.72. The SMILES string of the molecule is O=C(O)C(=CC1=C(c2ccc(O)cc2)COc2cc(O)ccc21)c1ccccc1. The maximum absolute atomic E-state index is 12.0. The zero-order valence-corrected chi connectivity index (χ0v) is 15.4. The smallest absolute Gasteiger partial charge is 0.336 e. The highest BCUT2D eigenvalue weighted by molar-refractivity contribution is 6.19. The first kappa shape index (κ1) is 18.4. The summed E-state index contributed by atoms with van der Waals surface area (Å²) in [7, 11) is 0. The minimum atomic E-state index is -1.04. The minimum Gasteiger partial charge on any atom is -0.508 e. The second-order valence-corrected chi connectivity index (χ2v) is 6.64. The van der Waals surface area contributed by atoms with Crippen LogP contribution >= 0.6 is 0 Å². The highest BCUT2D eigenvalue weighted by Crippen LogP contribution is 2.41. The first-order valence-electron chi connectivity index (χ1n) is 9.02. The first-order chi connectivity index (χ1) is 14.0. The molecule has 0 radical (unpaired) electrons. The van der Waals surface area contributed by atoms with E-state index in [9.17, 15) is 20.1 Å². The molecule has 4 rings (SSSR count). The molecule has 0 bridgehead atoms. The molecule has 144 valence electrons. The van der Waals surface area contributed by atoms with Crippen LogP contribution in [0.4, 0.5) is 0 Å². The Morgan fingerprint density at radius 2 is 1.59 bits per heavy atom. The van der Waals surface area contributed by atoms with E-state index in [0.29, 0.717) is 22.4 Å². The Morgan fingerprint density at radius 3 is 2.28 bits per heavy atom. The molecular formula is C24H18O5. The van der Waals surface area contributed by atoms with E-state index < -0.39 is 5.97 Å². The molecule has 0 aromatic heterocycles. The number of hydrogen-bond donors (Lipinski definition) is 3. The Balaban J connectivity index is 1.97. The lowest BCUT2D eigenvalue weighted by molar-refractivity contribution is -0.130. The molecule has 0 fully saturated rings. The fourth-order valence-electron chi connectivity index (χ4n) is 3.34. The lowest BCUT2D eigenvalue weighted by Gasteiger charge is -2.23. The normalized spacial score (nSPS) is 13.6. The summed E-state index contributed by atoms with van der Waals surface area (Å²) in [5.41, 5.74) is 3.72. The van der Waals surface area contributed by atoms with Crippen LogP contribution in [0.5, 0.6) is 17.2 Å². The van der Waals surface area contributed by atoms with E-state index in [1.54, 1.807) is 66.7 Å². The molecule has 0 saturated heterocycles. The molecule has 1 heterocycles. The summed E-state index contributed by atoms with van der Waals surface area (Å²) < 4.78 is 5.82. The van der Waals surface area contributed by atoms with Crippen molar-refractivity contribution in [2.24, 2.45) is 0 Å². The predicted octanol–water partition coefficient (Wildman–Crippen LogP) is 4.57. The summed E-state index contributed by atoms with van der Waals surface area (Å²) in [5, 5.41) is 29.3. The van der Waals surface area contributed by atoms with Crippen molar-refractivity contribution in [3.05, 3.63) is 95.6 Å². The fourth-order valence-corrected chi connectivity index (χ4v) is 3.34. The maximum atomic E-state index is 12.0. The van der Waals surface area contributed by atoms with Gasteiger partial charge in [0.2, 0.25) is 0 Å². The van der Waals surface area contributed by atoms with Gasteiger partial charge in [0.05, 0.1) is 5.57 Å². The van der Waals surface area contributed by atoms with Crippen molar-refractivity contribution in [3.63, 3.8) is 0 Å². The van der Waals surface area contributed by atoms with E-state index in [1.165, 1.54) is 6.07 Å². The Hall–Kier alpha value is -3.99. The lowest BCUT2D eigenvalue weighted by atomic mass is 9.90. The molecule has 0 unspecified atom stereocenters. The Labute approximate surface area is 167 Å². The van der Waals surface area contributed by atoms with E-state index in [0.717, 1.165) is 11.1 Å². The van der Waals surface area contributed by atoms with Crippen molar-refractivity contribution in [1.82, 2.24) is 0 Å². The summed E-state index contributed by atoms with van der Waals surface area (Å²) in [6, 6.07) is 20.3. The van der Waals surface area contributed by atoms with Crippen molar-refractivity contribution in [2.45, 2.75) is 0 Å². The van der Waals surface area contributed by atoms with E-state index in [4.69, 9.17) is 4.74 Å². The number of benzene rings is 3. The molecule has 5 nitrogen and oxygen atoms in total. The number of phenols is 2. The molecule has 0 aliphatic carbocycles. The number of carboxylic acid groups (broad SMARTS) is 1. The third kappa shape index (κ3) is 3.71. The molecule has 0 amide bonds. The second-order valence-electron chi connectivity index (χ2n) is 6.64. The van der Waals surface area contributed by atoms with Crippen molar-refractivity contribution in [2.75, 3.05) is 6.61 Å². The summed E-state index contributed by atoms with van der Waals surface area (Å²) in [4.78, 5) is 12.0. The van der Waals surface area contributed by atoms with Crippen molar-refractivity contribution in [3.8, 4) is 17.2 Å². The molecular weight excluding hydrogens is 368 g/mol. The van der Waals surface area contributed by atoms with Crippen LogP contribution < -0.4 is 4.74 Å². The Kier molecular flexibility index (Phi) is 4.79. The van der Waals surface area contributed by atoms with Gasteiger partial charge in [-0.05, 0) is 47.0 Å². The number of aliphatic carboxylic acids is 1. The van der Waals surface area contributed by atoms with Gasteiger partial charge in [-0.15, -0.1) is 0 Å². The number of rotatable bonds is 4. The van der Waals surface area contributed by atoms with Crippen LogP contribution in [-0.2, 0) is 4.79 Å². The van der Waals surface area contributed by atoms with Gasteiger partial charge in [-0.25, -0.2) is 4.79 Å². The number of carboxylic acids is 1. The van der Waals surface area contributed by atoms with Crippen LogP contribution in [0.1, 0.15) is 16.7 Å². The van der Waals surface area contributed by atoms with Crippen LogP contribution in [0, 0.1) is 0 Å². The molecule has 5 heteroatoms. The van der Waals surface area contributed by atoms with E-state index >= 15 is 0 Å². The second kappa shape index (κ2) is 7.56. The zero-order valence-electron chi connectivity index (χ0n) is 15.4. The third-order valence-electron chi connectivity index (χ3n) is 4.77. The monoisotopic (exact) mass is 386 g/mol. The van der Waals surface area contributed by atoms with E-state index in [-0.39, 0.29) is 23.7 Å². The molecule has 3 aromatic rings. The molecule has 0 saturated carbocycles. The minimum absolute atomic E-state index is 0.0710. The number of aromatic hydroxyl groups is 2. The van der Waals surface area contributed by atoms with Crippen LogP contribution in [0.3, 0.4) is 0 Å². The quantitative estimate of drug-likeness (QED) is 0.572. The Bertz CT molecular complexity index is 1130. The van der Waals surface area contributed by atoms with Gasteiger partial charge in [0.25, 0.3) is 0 Å². The molecule has 0 atom stereocenters. The van der Waals surface area contributed by atoms with Crippen LogP contribution in [-0.4, -0.2) is 27.9 Å². The Morgan fingerprint density at radius 1 is 0.897 bits per heavy atom. The van der Waals surface area contributed by atoms with Crippen LogP contribution in [0.25, 0.3) is 16.7 Å². The summed E-state index contributed by atoms with van der Waals surface area (Å²) in [6.07, 6.45) is 1.64. The van der Waals surface area contributed by atoms with E-state index in [2.05, 4.69) is 0 Å². The van der Waals surface area contributed by atoms with Crippen molar-refractivity contribution >= 4 is 22.7 Å². The number of carbonyl (C=O) groups is 1. The molecule has 0 spiro atoms. The van der Waals surface area contributed by atoms with Crippen molar-refractivity contribution in [1.29, 1.82) is 0 Å². The topological polar surface area (TPSA) is 87.0 Å². The van der Waals surface area contributed by atoms with Gasteiger partial charge in [0, 0.05) is 17.2 Å². The predicted molar refractivity (Wildman–Crippen MR) is 111 cm³/mol. The number of phenolic OH excluding ortho intramolecular Hbond substituents is 2. The van der Waals surface area contributed by atoms with Gasteiger partial charge in [0.1, 0.15) is 23.9 Å². The van der Waals surface area contributed by atoms with Crippen molar-refractivity contribution < 1.29 is 24.9 Å². The maximum Gasteiger partial charge on any atom is 0.336 e. The van der Waals surface area contributed by atoms with Gasteiger partial charge in [-0.1, -0.05) is 42.5 Å². The van der Waals surface area contributed by atoms with Crippen LogP contribution in [0.2, 0.25) is 0 Å². The summed E-state index contributed by atoms with van der Waals surface area (Å²) in [6.45, 7) is 0.203. The molecule has 3 N–H and O–H groups in total. The van der Waals surface area contributed by atoms with Gasteiger partial charge in [-0.2, -0.15) is 0 Å². The number of ether oxygens (including phenoxy) is 1. The number of hydrogen-bond acceptors (Lipinski definition) is 4. The molecule has 1 aliphatic rings. The standard InChI is InChI=1S/C24H18O5/c25-17-8-6-16(7-9-17)22-14-29-23-12-18(26)10-11-19(23)21(22)13-20(24(27)28)15-4-2-1-3-5-15/h1-13,25-26H,14H2,(H,27,28). The number of allylic oxidation sites excluding steroid dienone is 2. The van der Waals surface area contributed by atoms with Gasteiger partial charge in [0.15, 0.2) is 0 Å². The first-order valence-corrected chi connectivity index (χ1v) is 9.02. The van der Waals surface area contributed by atoms with Gasteiger partial charge < -0.3 is 20.1 Å². The molecule has 3 aromatic carbocycles. The van der Waals surface area contributed by atoms with Gasteiger partial charge in [-0.3, -0.25) is 0 Å². The number of fused-ring (bicyclic) bond motifs is 1. The summed E-state index contributed by atoms with van der Waals surface area (Å²) in [5.74, 6) is -0.345. The zero-order chi connectivity index (χ0) is 20.4. The largest absolute Gasteiger partial charge is 0.508 e. The lowest BCUT2D eigenvalue weighted by Crippen LogP contribution is -2.11. The van der Waals surface area contributed by atoms with Crippen LogP contribution in [0.15, 0.2) is 78.9 Å². The third-order valence-corrected chi connectivity index (χ3v) is 4.77. The molecule has 29 heavy (non-hydrogen) atoms. The molecule has 1 aliphatic heterocycles. The fraction of sp³-hybridized carbons (Fsp3) is 0.0417.